The van der Waals surface area contributed by atoms with Gasteiger partial charge in [0.2, 0.25) is 0 Å². The van der Waals surface area contributed by atoms with Gasteiger partial charge in [0.05, 0.1) is 5.88 Å². The van der Waals surface area contributed by atoms with Crippen LogP contribution in [0.15, 0.2) is 17.1 Å². The largest absolute Gasteiger partial charge is 0.387 e. The topological polar surface area (TPSA) is 131 Å². The third kappa shape index (κ3) is 1.32. The van der Waals surface area contributed by atoms with E-state index in [1.54, 1.807) is 0 Å². The lowest BCUT2D eigenvalue weighted by Crippen LogP contribution is -2.40. The first-order valence-corrected chi connectivity index (χ1v) is 6.09. The zero-order valence-electron chi connectivity index (χ0n) is 9.60. The van der Waals surface area contributed by atoms with E-state index in [1.807, 2.05) is 0 Å². The van der Waals surface area contributed by atoms with Gasteiger partial charge in [-0.15, -0.1) is 11.6 Å². The molecular weight excluding hydrogens is 278 g/mol. The second-order valence-electron chi connectivity index (χ2n) is 4.75. The molecule has 0 aromatic carbocycles. The number of aromatic nitrogens is 2. The summed E-state index contributed by atoms with van der Waals surface area (Å²) in [5, 5.41) is 29.9. The number of nitrogens with zero attached hydrogens (tertiary/aromatic N) is 2. The molecule has 5 N–H and O–H groups in total. The van der Waals surface area contributed by atoms with E-state index in [1.165, 1.54) is 12.3 Å². The fourth-order valence-corrected chi connectivity index (χ4v) is 3.03. The van der Waals surface area contributed by atoms with Crippen LogP contribution in [0.3, 0.4) is 0 Å². The van der Waals surface area contributed by atoms with Gasteiger partial charge in [0, 0.05) is 6.20 Å². The van der Waals surface area contributed by atoms with Gasteiger partial charge in [-0.25, -0.2) is 4.79 Å². The molecule has 9 heteroatoms. The monoisotopic (exact) mass is 289 g/mol. The van der Waals surface area contributed by atoms with Gasteiger partial charge in [0.25, 0.3) is 0 Å². The Hall–Kier alpha value is -1.19. The predicted molar refractivity (Wildman–Crippen MR) is 63.4 cm³/mol. The summed E-state index contributed by atoms with van der Waals surface area (Å²) >= 11 is 5.68. The summed E-state index contributed by atoms with van der Waals surface area (Å²) in [7, 11) is 0. The van der Waals surface area contributed by atoms with E-state index in [2.05, 4.69) is 4.98 Å². The Morgan fingerprint density at radius 3 is 2.79 bits per heavy atom. The van der Waals surface area contributed by atoms with E-state index in [0.29, 0.717) is 0 Å². The van der Waals surface area contributed by atoms with Crippen LogP contribution in [0, 0.1) is 0 Å². The molecule has 1 aliphatic heterocycles. The van der Waals surface area contributed by atoms with Gasteiger partial charge in [0.1, 0.15) is 23.6 Å². The van der Waals surface area contributed by atoms with E-state index in [4.69, 9.17) is 22.1 Å². The summed E-state index contributed by atoms with van der Waals surface area (Å²) < 4.78 is 6.40. The van der Waals surface area contributed by atoms with E-state index >= 15 is 0 Å². The molecule has 0 amide bonds. The first kappa shape index (κ1) is 12.8. The van der Waals surface area contributed by atoms with Crippen LogP contribution in [0.2, 0.25) is 0 Å². The SMILES string of the molecule is Nc1ccn([C@@H]2OC3(CCl)C(O)[C@@]3(O)[C@H]2O)c(=O)n1. The standard InChI is InChI=1S/C10H12ClN3O5/c11-3-9-7(16)10(9,18)5(15)6(19-9)14-2-1-4(12)13-8(14)17/h1-2,5-7,15-16,18H,3H2,(H2,12,13,17)/t5-,6+,7?,9?,10-/m0/s1. The first-order chi connectivity index (χ1) is 8.88. The van der Waals surface area contributed by atoms with E-state index in [-0.39, 0.29) is 11.7 Å². The van der Waals surface area contributed by atoms with Crippen LogP contribution >= 0.6 is 11.6 Å². The maximum atomic E-state index is 11.7. The van der Waals surface area contributed by atoms with Crippen LogP contribution in [0.25, 0.3) is 0 Å². The number of hydrogen-bond donors (Lipinski definition) is 4. The van der Waals surface area contributed by atoms with Crippen LogP contribution in [-0.4, -0.2) is 54.2 Å². The minimum absolute atomic E-state index is 0.0321. The second-order valence-corrected chi connectivity index (χ2v) is 5.01. The van der Waals surface area contributed by atoms with Crippen molar-refractivity contribution in [1.82, 2.24) is 9.55 Å². The van der Waals surface area contributed by atoms with E-state index in [9.17, 15) is 20.1 Å². The number of fused-ring (bicyclic) bond motifs is 1. The molecule has 0 radical (unpaired) electrons. The Bertz CT molecular complexity index is 591. The quantitative estimate of drug-likeness (QED) is 0.454. The van der Waals surface area contributed by atoms with Gasteiger partial charge in [-0.3, -0.25) is 4.57 Å². The summed E-state index contributed by atoms with van der Waals surface area (Å²) in [5.41, 5.74) is 1.30. The van der Waals surface area contributed by atoms with Gasteiger partial charge >= 0.3 is 5.69 Å². The highest BCUT2D eigenvalue weighted by atomic mass is 35.5. The molecule has 1 aromatic heterocycles. The zero-order chi connectivity index (χ0) is 14.0. The average molecular weight is 290 g/mol. The molecule has 1 saturated heterocycles. The highest BCUT2D eigenvalue weighted by Crippen LogP contribution is 2.62. The molecular formula is C10H12ClN3O5. The van der Waals surface area contributed by atoms with Crippen molar-refractivity contribution >= 4 is 17.4 Å². The maximum Gasteiger partial charge on any atom is 0.351 e. The van der Waals surface area contributed by atoms with Crippen LogP contribution in [0.1, 0.15) is 6.23 Å². The third-order valence-electron chi connectivity index (χ3n) is 3.83. The van der Waals surface area contributed by atoms with Gasteiger partial charge in [-0.1, -0.05) is 0 Å². The van der Waals surface area contributed by atoms with Crippen LogP contribution in [0.4, 0.5) is 5.82 Å². The number of aliphatic hydroxyl groups excluding tert-OH is 2. The number of nitrogens with two attached hydrogens (primary N) is 1. The van der Waals surface area contributed by atoms with Crippen molar-refractivity contribution in [2.24, 2.45) is 0 Å². The average Bonchev–Trinajstić information content (AvgIpc) is 2.73. The molecule has 5 atom stereocenters. The number of anilines is 1. The molecule has 2 fully saturated rings. The molecule has 3 rings (SSSR count). The van der Waals surface area contributed by atoms with Crippen molar-refractivity contribution < 1.29 is 20.1 Å². The number of aliphatic hydroxyl groups is 3. The Labute approximate surface area is 112 Å². The molecule has 0 bridgehead atoms. The van der Waals surface area contributed by atoms with Crippen molar-refractivity contribution in [3.8, 4) is 0 Å². The third-order valence-corrected chi connectivity index (χ3v) is 4.23. The number of rotatable bonds is 2. The number of halogens is 1. The zero-order valence-corrected chi connectivity index (χ0v) is 10.4. The van der Waals surface area contributed by atoms with Crippen LogP contribution in [0.5, 0.6) is 0 Å². The molecule has 0 spiro atoms. The lowest BCUT2D eigenvalue weighted by atomic mass is 10.1. The fraction of sp³-hybridized carbons (Fsp3) is 0.600. The van der Waals surface area contributed by atoms with Crippen LogP contribution < -0.4 is 11.4 Å². The molecule has 104 valence electrons. The fourth-order valence-electron chi connectivity index (χ4n) is 2.60. The minimum atomic E-state index is -1.87. The van der Waals surface area contributed by atoms with Crippen LogP contribution in [-0.2, 0) is 4.74 Å². The number of alkyl halides is 1. The summed E-state index contributed by atoms with van der Waals surface area (Å²) in [6.07, 6.45) is -2.67. The van der Waals surface area contributed by atoms with E-state index < -0.39 is 35.3 Å². The van der Waals surface area contributed by atoms with Crippen molar-refractivity contribution in [3.05, 3.63) is 22.7 Å². The second kappa shape index (κ2) is 3.68. The lowest BCUT2D eigenvalue weighted by Gasteiger charge is -2.23. The summed E-state index contributed by atoms with van der Waals surface area (Å²) in [5.74, 6) is -0.181. The van der Waals surface area contributed by atoms with Crippen molar-refractivity contribution in [2.75, 3.05) is 11.6 Å². The molecule has 1 saturated carbocycles. The number of hydrogen-bond acceptors (Lipinski definition) is 7. The van der Waals surface area contributed by atoms with Crippen molar-refractivity contribution in [3.63, 3.8) is 0 Å². The van der Waals surface area contributed by atoms with Crippen molar-refractivity contribution in [2.45, 2.75) is 29.6 Å². The van der Waals surface area contributed by atoms with Gasteiger partial charge < -0.3 is 25.8 Å². The maximum absolute atomic E-state index is 11.7. The smallest absolute Gasteiger partial charge is 0.351 e. The Kier molecular flexibility index (Phi) is 2.48. The molecule has 1 aliphatic carbocycles. The molecule has 8 nitrogen and oxygen atoms in total. The first-order valence-electron chi connectivity index (χ1n) is 5.55. The Morgan fingerprint density at radius 2 is 2.26 bits per heavy atom. The molecule has 2 heterocycles. The minimum Gasteiger partial charge on any atom is -0.387 e. The van der Waals surface area contributed by atoms with Gasteiger partial charge in [-0.2, -0.15) is 4.98 Å². The molecule has 1 aromatic rings. The van der Waals surface area contributed by atoms with Gasteiger partial charge in [-0.05, 0) is 6.07 Å². The number of nitrogen functional groups attached to an aromatic ring is 1. The summed E-state index contributed by atoms with van der Waals surface area (Å²) in [6, 6.07) is 1.36. The van der Waals surface area contributed by atoms with Gasteiger partial charge in [0.15, 0.2) is 11.8 Å². The lowest BCUT2D eigenvalue weighted by molar-refractivity contribution is -0.111. The molecule has 19 heavy (non-hydrogen) atoms. The highest BCUT2D eigenvalue weighted by molar-refractivity contribution is 6.19. The van der Waals surface area contributed by atoms with Crippen molar-refractivity contribution in [1.29, 1.82) is 0 Å². The van der Waals surface area contributed by atoms with E-state index in [0.717, 1.165) is 4.57 Å². The predicted octanol–water partition coefficient (Wildman–Crippen LogP) is -2.20. The summed E-state index contributed by atoms with van der Waals surface area (Å²) in [6.45, 7) is 0. The summed E-state index contributed by atoms with van der Waals surface area (Å²) in [4.78, 5) is 15.2. The number of ether oxygens (including phenoxy) is 1. The normalized spacial score (nSPS) is 44.1. The highest BCUT2D eigenvalue weighted by Gasteiger charge is 2.87. The Morgan fingerprint density at radius 1 is 1.58 bits per heavy atom. The molecule has 2 unspecified atom stereocenters. The Balaban J connectivity index is 2.00. The molecule has 2 aliphatic rings.